The third-order valence-corrected chi connectivity index (χ3v) is 3.94. The van der Waals surface area contributed by atoms with Gasteiger partial charge >= 0.3 is 0 Å². The lowest BCUT2D eigenvalue weighted by Gasteiger charge is -2.28. The van der Waals surface area contributed by atoms with Crippen LogP contribution < -0.4 is 4.74 Å². The molecule has 106 valence electrons. The van der Waals surface area contributed by atoms with Gasteiger partial charge in [0, 0.05) is 5.56 Å². The molecule has 3 heteroatoms. The lowest BCUT2D eigenvalue weighted by molar-refractivity contribution is 0.233. The molecule has 0 heterocycles. The predicted molar refractivity (Wildman–Crippen MR) is 85.7 cm³/mol. The number of para-hydroxylation sites is 1. The monoisotopic (exact) mass is 286 g/mol. The van der Waals surface area contributed by atoms with Gasteiger partial charge in [-0.3, -0.25) is 0 Å². The van der Waals surface area contributed by atoms with Gasteiger partial charge in [-0.05, 0) is 31.3 Å². The zero-order valence-corrected chi connectivity index (χ0v) is 13.6. The Labute approximate surface area is 122 Å². The van der Waals surface area contributed by atoms with E-state index < -0.39 is 8.32 Å². The molecule has 0 amide bonds. The molecule has 0 aromatic heterocycles. The third-order valence-electron chi connectivity index (χ3n) is 3.00. The van der Waals surface area contributed by atoms with Gasteiger partial charge < -0.3 is 9.16 Å². The molecule has 0 spiro atoms. The Balaban J connectivity index is 2.46. The molecule has 2 rings (SSSR count). The van der Waals surface area contributed by atoms with Crippen LogP contribution in [0, 0.1) is 0 Å². The van der Waals surface area contributed by atoms with Gasteiger partial charge in [0.25, 0.3) is 0 Å². The van der Waals surface area contributed by atoms with Gasteiger partial charge in [-0.1, -0.05) is 48.5 Å². The standard InChI is InChI=1S/C17H22O2Si/c1-18-16-13-9-8-12-15(16)17(19-20(2,3)4)14-10-6-5-7-11-14/h5-13,17H,1-4H3. The molecule has 1 unspecified atom stereocenters. The molecule has 20 heavy (non-hydrogen) atoms. The average molecular weight is 286 g/mol. The molecule has 2 aromatic carbocycles. The number of ether oxygens (including phenoxy) is 1. The molecule has 2 nitrogen and oxygen atoms in total. The topological polar surface area (TPSA) is 18.5 Å². The van der Waals surface area contributed by atoms with Crippen LogP contribution in [-0.4, -0.2) is 15.4 Å². The Morgan fingerprint density at radius 1 is 0.850 bits per heavy atom. The van der Waals surface area contributed by atoms with E-state index in [0.717, 1.165) is 11.3 Å². The molecular formula is C17H22O2Si. The summed E-state index contributed by atoms with van der Waals surface area (Å²) in [5.74, 6) is 0.875. The molecule has 2 aromatic rings. The first-order valence-corrected chi connectivity index (χ1v) is 10.3. The summed E-state index contributed by atoms with van der Waals surface area (Å²) in [5, 5.41) is 0. The molecule has 0 saturated carbocycles. The smallest absolute Gasteiger partial charge is 0.185 e. The first-order chi connectivity index (χ1) is 9.51. The molecular weight excluding hydrogens is 264 g/mol. The highest BCUT2D eigenvalue weighted by Crippen LogP contribution is 2.34. The fourth-order valence-corrected chi connectivity index (χ4v) is 3.15. The quantitative estimate of drug-likeness (QED) is 0.746. The SMILES string of the molecule is COc1ccccc1C(O[Si](C)(C)C)c1ccccc1. The highest BCUT2D eigenvalue weighted by atomic mass is 28.4. The van der Waals surface area contributed by atoms with E-state index in [1.54, 1.807) is 7.11 Å². The van der Waals surface area contributed by atoms with Crippen molar-refractivity contribution >= 4 is 8.32 Å². The van der Waals surface area contributed by atoms with Gasteiger partial charge in [-0.2, -0.15) is 0 Å². The number of methoxy groups -OCH3 is 1. The molecule has 0 aliphatic rings. The van der Waals surface area contributed by atoms with E-state index in [9.17, 15) is 0 Å². The maximum atomic E-state index is 6.41. The second-order valence-electron chi connectivity index (χ2n) is 5.76. The van der Waals surface area contributed by atoms with Gasteiger partial charge in [0.15, 0.2) is 8.32 Å². The van der Waals surface area contributed by atoms with Crippen LogP contribution in [0.4, 0.5) is 0 Å². The summed E-state index contributed by atoms with van der Waals surface area (Å²) < 4.78 is 11.9. The van der Waals surface area contributed by atoms with Crippen molar-refractivity contribution in [2.24, 2.45) is 0 Å². The molecule has 0 radical (unpaired) electrons. The first kappa shape index (κ1) is 14.8. The summed E-state index contributed by atoms with van der Waals surface area (Å²) in [7, 11) is 0.0267. The van der Waals surface area contributed by atoms with E-state index in [2.05, 4.69) is 37.8 Å². The van der Waals surface area contributed by atoms with Crippen molar-refractivity contribution in [2.75, 3.05) is 7.11 Å². The number of hydrogen-bond donors (Lipinski definition) is 0. The average Bonchev–Trinajstić information content (AvgIpc) is 2.45. The summed E-state index contributed by atoms with van der Waals surface area (Å²) in [6.07, 6.45) is -0.0704. The van der Waals surface area contributed by atoms with Crippen molar-refractivity contribution in [3.63, 3.8) is 0 Å². The summed E-state index contributed by atoms with van der Waals surface area (Å²) in [6, 6.07) is 18.4. The minimum atomic E-state index is -1.68. The van der Waals surface area contributed by atoms with Crippen molar-refractivity contribution < 1.29 is 9.16 Å². The number of hydrogen-bond acceptors (Lipinski definition) is 2. The summed E-state index contributed by atoms with van der Waals surface area (Å²) in [4.78, 5) is 0. The second kappa shape index (κ2) is 6.24. The molecule has 0 fully saturated rings. The van der Waals surface area contributed by atoms with Crippen molar-refractivity contribution in [1.29, 1.82) is 0 Å². The Morgan fingerprint density at radius 2 is 1.45 bits per heavy atom. The maximum absolute atomic E-state index is 6.41. The number of rotatable bonds is 5. The van der Waals surface area contributed by atoms with Crippen molar-refractivity contribution in [3.05, 3.63) is 65.7 Å². The summed E-state index contributed by atoms with van der Waals surface area (Å²) in [5.41, 5.74) is 2.25. The first-order valence-electron chi connectivity index (χ1n) is 6.87. The second-order valence-corrected chi connectivity index (χ2v) is 10.2. The van der Waals surface area contributed by atoms with Crippen LogP contribution >= 0.6 is 0 Å². The predicted octanol–water partition coefficient (Wildman–Crippen LogP) is 4.64. The fourth-order valence-electron chi connectivity index (χ4n) is 2.18. The Kier molecular flexibility index (Phi) is 4.63. The molecule has 0 saturated heterocycles. The van der Waals surface area contributed by atoms with Gasteiger partial charge in [0.2, 0.25) is 0 Å². The normalized spacial score (nSPS) is 13.0. The van der Waals surface area contributed by atoms with Gasteiger partial charge in [-0.25, -0.2) is 0 Å². The Bertz CT molecular complexity index is 546. The minimum absolute atomic E-state index is 0.0704. The van der Waals surface area contributed by atoms with Crippen LogP contribution in [0.25, 0.3) is 0 Å². The molecule has 0 aliphatic heterocycles. The van der Waals surface area contributed by atoms with Gasteiger partial charge in [0.05, 0.1) is 13.2 Å². The minimum Gasteiger partial charge on any atom is -0.496 e. The van der Waals surface area contributed by atoms with Crippen molar-refractivity contribution in [2.45, 2.75) is 25.7 Å². The van der Waals surface area contributed by atoms with E-state index in [0.29, 0.717) is 0 Å². The highest BCUT2D eigenvalue weighted by Gasteiger charge is 2.25. The van der Waals surface area contributed by atoms with E-state index in [-0.39, 0.29) is 6.10 Å². The van der Waals surface area contributed by atoms with Crippen LogP contribution in [0.3, 0.4) is 0 Å². The van der Waals surface area contributed by atoms with Gasteiger partial charge in [-0.15, -0.1) is 0 Å². The van der Waals surface area contributed by atoms with Crippen molar-refractivity contribution in [3.8, 4) is 5.75 Å². The lowest BCUT2D eigenvalue weighted by Crippen LogP contribution is -2.28. The van der Waals surface area contributed by atoms with Gasteiger partial charge in [0.1, 0.15) is 5.75 Å². The third kappa shape index (κ3) is 3.71. The molecule has 0 N–H and O–H groups in total. The zero-order valence-electron chi connectivity index (χ0n) is 12.6. The van der Waals surface area contributed by atoms with E-state index in [1.807, 2.05) is 36.4 Å². The summed E-state index contributed by atoms with van der Waals surface area (Å²) in [6.45, 7) is 6.62. The maximum Gasteiger partial charge on any atom is 0.185 e. The van der Waals surface area contributed by atoms with Crippen LogP contribution in [-0.2, 0) is 4.43 Å². The van der Waals surface area contributed by atoms with Crippen LogP contribution in [0.5, 0.6) is 5.75 Å². The lowest BCUT2D eigenvalue weighted by atomic mass is 10.0. The van der Waals surface area contributed by atoms with E-state index >= 15 is 0 Å². The van der Waals surface area contributed by atoms with Crippen molar-refractivity contribution in [1.82, 2.24) is 0 Å². The van der Waals surface area contributed by atoms with E-state index in [4.69, 9.17) is 9.16 Å². The molecule has 0 aliphatic carbocycles. The zero-order chi connectivity index (χ0) is 14.6. The Hall–Kier alpha value is -1.58. The van der Waals surface area contributed by atoms with Crippen LogP contribution in [0.1, 0.15) is 17.2 Å². The van der Waals surface area contributed by atoms with E-state index in [1.165, 1.54) is 5.56 Å². The molecule has 0 bridgehead atoms. The Morgan fingerprint density at radius 3 is 2.05 bits per heavy atom. The molecule has 1 atom stereocenters. The van der Waals surface area contributed by atoms with Crippen LogP contribution in [0.2, 0.25) is 19.6 Å². The number of benzene rings is 2. The fraction of sp³-hybridized carbons (Fsp3) is 0.294. The van der Waals surface area contributed by atoms with Crippen LogP contribution in [0.15, 0.2) is 54.6 Å². The highest BCUT2D eigenvalue weighted by molar-refractivity contribution is 6.69. The summed E-state index contributed by atoms with van der Waals surface area (Å²) >= 11 is 0. The largest absolute Gasteiger partial charge is 0.496 e.